The Kier molecular flexibility index (Phi) is 4.33. The summed E-state index contributed by atoms with van der Waals surface area (Å²) in [7, 11) is 0. The van der Waals surface area contributed by atoms with Gasteiger partial charge in [0.2, 0.25) is 0 Å². The molecule has 0 unspecified atom stereocenters. The van der Waals surface area contributed by atoms with E-state index >= 15 is 0 Å². The van der Waals surface area contributed by atoms with E-state index < -0.39 is 5.91 Å². The van der Waals surface area contributed by atoms with Crippen LogP contribution in [0.5, 0.6) is 5.75 Å². The van der Waals surface area contributed by atoms with E-state index in [0.717, 1.165) is 11.4 Å². The predicted molar refractivity (Wildman–Crippen MR) is 101 cm³/mol. The summed E-state index contributed by atoms with van der Waals surface area (Å²) in [6, 6.07) is 13.4. The highest BCUT2D eigenvalue weighted by molar-refractivity contribution is 6.32. The third-order valence-corrected chi connectivity index (χ3v) is 4.18. The van der Waals surface area contributed by atoms with E-state index in [1.165, 1.54) is 5.06 Å². The van der Waals surface area contributed by atoms with E-state index in [0.29, 0.717) is 24.7 Å². The fourth-order valence-corrected chi connectivity index (χ4v) is 2.89. The summed E-state index contributed by atoms with van der Waals surface area (Å²) >= 11 is 0. The zero-order valence-corrected chi connectivity index (χ0v) is 14.8. The second-order valence-corrected chi connectivity index (χ2v) is 6.11. The van der Waals surface area contributed by atoms with Gasteiger partial charge < -0.3 is 14.1 Å². The van der Waals surface area contributed by atoms with Crippen molar-refractivity contribution >= 4 is 23.7 Å². The Morgan fingerprint density at radius 3 is 2.85 bits per heavy atom. The molecule has 7 heteroatoms. The highest BCUT2D eigenvalue weighted by atomic mass is 16.7. The summed E-state index contributed by atoms with van der Waals surface area (Å²) in [6.07, 6.45) is 5.20. The molecule has 2 aliphatic heterocycles. The molecule has 1 amide bonds. The molecular formula is C20H18N4O3. The number of hydrogen-bond acceptors (Lipinski definition) is 4. The molecule has 0 aliphatic carbocycles. The Morgan fingerprint density at radius 1 is 1.22 bits per heavy atom. The minimum Gasteiger partial charge on any atom is -0.492 e. The molecule has 3 heterocycles. The number of carbonyl (C=O) groups is 1. The van der Waals surface area contributed by atoms with Crippen molar-refractivity contribution in [2.45, 2.75) is 13.5 Å². The standard InChI is InChI=1S/C20H18N4O3/c1-14-12-18-22-20(25)17(19(21)24(18)27-14)13-15-6-5-9-23(15)10-11-26-16-7-3-2-4-8-16/h2-9,12-13,21H,10-11H2,1H3. The van der Waals surface area contributed by atoms with Gasteiger partial charge in [-0.1, -0.05) is 18.2 Å². The Morgan fingerprint density at radius 2 is 2.04 bits per heavy atom. The molecule has 2 aromatic rings. The fraction of sp³-hybridized carbons (Fsp3) is 0.150. The summed E-state index contributed by atoms with van der Waals surface area (Å²) < 4.78 is 7.69. The maximum absolute atomic E-state index is 12.3. The predicted octanol–water partition coefficient (Wildman–Crippen LogP) is 3.02. The molecule has 7 nitrogen and oxygen atoms in total. The second kappa shape index (κ2) is 6.95. The van der Waals surface area contributed by atoms with Gasteiger partial charge in [-0.15, -0.1) is 5.06 Å². The van der Waals surface area contributed by atoms with E-state index in [-0.39, 0.29) is 11.4 Å². The summed E-state index contributed by atoms with van der Waals surface area (Å²) in [4.78, 5) is 21.8. The van der Waals surface area contributed by atoms with Crippen molar-refractivity contribution in [1.82, 2.24) is 9.63 Å². The van der Waals surface area contributed by atoms with Crippen LogP contribution in [-0.4, -0.2) is 33.8 Å². The molecule has 0 fully saturated rings. The number of benzene rings is 1. The van der Waals surface area contributed by atoms with E-state index in [1.54, 1.807) is 19.1 Å². The van der Waals surface area contributed by atoms with Crippen LogP contribution in [0.2, 0.25) is 0 Å². The number of fused-ring (bicyclic) bond motifs is 1. The number of aromatic nitrogens is 1. The summed E-state index contributed by atoms with van der Waals surface area (Å²) in [5, 5.41) is 9.54. The van der Waals surface area contributed by atoms with Crippen LogP contribution in [0.4, 0.5) is 0 Å². The van der Waals surface area contributed by atoms with Crippen LogP contribution in [0, 0.1) is 5.41 Å². The largest absolute Gasteiger partial charge is 0.492 e. The summed E-state index contributed by atoms with van der Waals surface area (Å²) in [5.74, 6) is 1.27. The number of amidine groups is 2. The number of rotatable bonds is 5. The lowest BCUT2D eigenvalue weighted by atomic mass is 10.1. The van der Waals surface area contributed by atoms with Crippen molar-refractivity contribution < 1.29 is 14.4 Å². The summed E-state index contributed by atoms with van der Waals surface area (Å²) in [5.41, 5.74) is 0.980. The lowest BCUT2D eigenvalue weighted by Gasteiger charge is -2.23. The van der Waals surface area contributed by atoms with E-state index in [1.807, 2.05) is 53.2 Å². The molecule has 27 heavy (non-hydrogen) atoms. The summed E-state index contributed by atoms with van der Waals surface area (Å²) in [6.45, 7) is 2.85. The minimum absolute atomic E-state index is 0.0219. The third-order valence-electron chi connectivity index (χ3n) is 4.18. The first-order valence-electron chi connectivity index (χ1n) is 8.55. The Labute approximate surface area is 156 Å². The van der Waals surface area contributed by atoms with Crippen molar-refractivity contribution in [2.75, 3.05) is 6.61 Å². The van der Waals surface area contributed by atoms with Crippen LogP contribution < -0.4 is 4.74 Å². The molecule has 0 radical (unpaired) electrons. The van der Waals surface area contributed by atoms with Gasteiger partial charge in [0.15, 0.2) is 11.7 Å². The van der Waals surface area contributed by atoms with Crippen LogP contribution >= 0.6 is 0 Å². The van der Waals surface area contributed by atoms with Crippen LogP contribution in [-0.2, 0) is 16.2 Å². The maximum Gasteiger partial charge on any atom is 0.283 e. The van der Waals surface area contributed by atoms with Gasteiger partial charge in [-0.05, 0) is 37.3 Å². The van der Waals surface area contributed by atoms with Crippen molar-refractivity contribution in [1.29, 1.82) is 5.41 Å². The average molecular weight is 362 g/mol. The highest BCUT2D eigenvalue weighted by Gasteiger charge is 2.34. The Balaban J connectivity index is 1.49. The SMILES string of the molecule is CC1=CC2=NC(=O)C(=Cc3cccn3CCOc3ccccc3)C(=N)N2O1. The second-order valence-electron chi connectivity index (χ2n) is 6.11. The maximum atomic E-state index is 12.3. The number of hydrogen-bond donors (Lipinski definition) is 1. The van der Waals surface area contributed by atoms with E-state index in [9.17, 15) is 4.79 Å². The van der Waals surface area contributed by atoms with Gasteiger partial charge in [-0.2, -0.15) is 4.99 Å². The molecule has 0 spiro atoms. The van der Waals surface area contributed by atoms with Crippen LogP contribution in [0.15, 0.2) is 71.1 Å². The first kappa shape index (κ1) is 16.8. The van der Waals surface area contributed by atoms with Crippen LogP contribution in [0.1, 0.15) is 12.6 Å². The molecule has 0 atom stereocenters. The van der Waals surface area contributed by atoms with Gasteiger partial charge in [-0.3, -0.25) is 10.2 Å². The van der Waals surface area contributed by atoms with E-state index in [2.05, 4.69) is 4.99 Å². The van der Waals surface area contributed by atoms with Gasteiger partial charge in [0, 0.05) is 18.0 Å². The van der Waals surface area contributed by atoms with Gasteiger partial charge >= 0.3 is 0 Å². The minimum atomic E-state index is -0.450. The molecule has 136 valence electrons. The zero-order chi connectivity index (χ0) is 18.8. The molecule has 1 N–H and O–H groups in total. The quantitative estimate of drug-likeness (QED) is 0.829. The number of nitrogens with zero attached hydrogens (tertiary/aromatic N) is 3. The fourth-order valence-electron chi connectivity index (χ4n) is 2.89. The number of amides is 1. The first-order valence-corrected chi connectivity index (χ1v) is 8.55. The van der Waals surface area contributed by atoms with Crippen molar-refractivity contribution in [2.24, 2.45) is 4.99 Å². The molecule has 4 rings (SSSR count). The molecule has 2 aliphatic rings. The lowest BCUT2D eigenvalue weighted by Crippen LogP contribution is -2.38. The van der Waals surface area contributed by atoms with Gasteiger partial charge in [0.05, 0.1) is 12.1 Å². The molecule has 0 saturated carbocycles. The molecule has 0 bridgehead atoms. The Hall–Kier alpha value is -3.61. The van der Waals surface area contributed by atoms with Gasteiger partial charge in [0.25, 0.3) is 5.91 Å². The van der Waals surface area contributed by atoms with Gasteiger partial charge in [-0.25, -0.2) is 0 Å². The third kappa shape index (κ3) is 3.39. The normalized spacial score (nSPS) is 17.5. The van der Waals surface area contributed by atoms with Crippen LogP contribution in [0.25, 0.3) is 6.08 Å². The van der Waals surface area contributed by atoms with Crippen molar-refractivity contribution in [3.63, 3.8) is 0 Å². The average Bonchev–Trinajstić information content (AvgIpc) is 3.25. The van der Waals surface area contributed by atoms with Gasteiger partial charge in [0.1, 0.15) is 18.1 Å². The first-order chi connectivity index (χ1) is 13.1. The van der Waals surface area contributed by atoms with Crippen molar-refractivity contribution in [3.05, 3.63) is 71.8 Å². The number of hydroxylamine groups is 2. The number of para-hydroxylation sites is 1. The van der Waals surface area contributed by atoms with Crippen LogP contribution in [0.3, 0.4) is 0 Å². The topological polar surface area (TPSA) is 79.9 Å². The molecule has 1 aromatic heterocycles. The number of nitrogens with one attached hydrogen (secondary N) is 1. The molecule has 1 aromatic carbocycles. The highest BCUT2D eigenvalue weighted by Crippen LogP contribution is 2.23. The molecular weight excluding hydrogens is 344 g/mol. The number of ether oxygens (including phenoxy) is 1. The van der Waals surface area contributed by atoms with E-state index in [4.69, 9.17) is 15.0 Å². The lowest BCUT2D eigenvalue weighted by molar-refractivity contribution is -0.114. The van der Waals surface area contributed by atoms with Crippen molar-refractivity contribution in [3.8, 4) is 5.75 Å². The monoisotopic (exact) mass is 362 g/mol. The number of allylic oxidation sites excluding steroid dienone is 1. The Bertz CT molecular complexity index is 986. The molecule has 0 saturated heterocycles. The smallest absolute Gasteiger partial charge is 0.283 e. The number of carbonyl (C=O) groups excluding carboxylic acids is 1. The number of aliphatic imine (C=N–C) groups is 1. The zero-order valence-electron chi connectivity index (χ0n) is 14.8.